The van der Waals surface area contributed by atoms with Crippen molar-refractivity contribution in [2.24, 2.45) is 0 Å². The Hall–Kier alpha value is -2.10. The third-order valence-electron chi connectivity index (χ3n) is 1.42. The third kappa shape index (κ3) is 3.10. The number of rotatable bonds is 4. The molecule has 14 heavy (non-hydrogen) atoms. The number of hydrogen-bond donors (Lipinski definition) is 2. The summed E-state index contributed by atoms with van der Waals surface area (Å²) in [5, 5.41) is 17.9. The van der Waals surface area contributed by atoms with Crippen LogP contribution in [0.4, 0.5) is 5.82 Å². The van der Waals surface area contributed by atoms with Gasteiger partial charge in [-0.2, -0.15) is 5.26 Å². The molecule has 0 atom stereocenters. The van der Waals surface area contributed by atoms with Crippen LogP contribution < -0.4 is 11.1 Å². The number of nitrogen functional groups attached to an aromatic ring is 1. The maximum absolute atomic E-state index is 11.1. The highest BCUT2D eigenvalue weighted by molar-refractivity contribution is 5.75. The van der Waals surface area contributed by atoms with Crippen LogP contribution in [0.5, 0.6) is 0 Å². The Kier molecular flexibility index (Phi) is 3.43. The first-order chi connectivity index (χ1) is 6.72. The molecule has 1 heterocycles. The number of carbonyl (C=O) groups excluding carboxylic acids is 1. The zero-order valence-electron chi connectivity index (χ0n) is 7.47. The third-order valence-corrected chi connectivity index (χ3v) is 1.42. The molecule has 1 amide bonds. The van der Waals surface area contributed by atoms with Crippen molar-refractivity contribution in [3.05, 3.63) is 6.20 Å². The minimum absolute atomic E-state index is 0.0651. The zero-order chi connectivity index (χ0) is 10.4. The lowest BCUT2D eigenvalue weighted by Crippen LogP contribution is -2.28. The monoisotopic (exact) mass is 194 g/mol. The number of nitriles is 1. The van der Waals surface area contributed by atoms with Crippen molar-refractivity contribution in [3.8, 4) is 6.07 Å². The van der Waals surface area contributed by atoms with Crippen LogP contribution in [0, 0.1) is 11.3 Å². The highest BCUT2D eigenvalue weighted by Gasteiger charge is 2.03. The van der Waals surface area contributed by atoms with E-state index in [4.69, 9.17) is 11.0 Å². The molecule has 0 aliphatic carbocycles. The molecule has 7 heteroatoms. The molecule has 7 nitrogen and oxygen atoms in total. The van der Waals surface area contributed by atoms with Gasteiger partial charge in [-0.1, -0.05) is 5.21 Å². The summed E-state index contributed by atoms with van der Waals surface area (Å²) >= 11 is 0. The molecule has 0 fully saturated rings. The summed E-state index contributed by atoms with van der Waals surface area (Å²) in [4.78, 5) is 11.1. The molecule has 0 bridgehead atoms. The van der Waals surface area contributed by atoms with E-state index in [1.54, 1.807) is 0 Å². The van der Waals surface area contributed by atoms with Gasteiger partial charge < -0.3 is 11.1 Å². The van der Waals surface area contributed by atoms with Gasteiger partial charge in [0.25, 0.3) is 0 Å². The Balaban J connectivity index is 2.31. The van der Waals surface area contributed by atoms with Gasteiger partial charge in [0.1, 0.15) is 6.54 Å². The topological polar surface area (TPSA) is 110 Å². The second-order valence-electron chi connectivity index (χ2n) is 2.60. The van der Waals surface area contributed by atoms with Gasteiger partial charge in [-0.25, -0.2) is 4.68 Å². The van der Waals surface area contributed by atoms with Crippen LogP contribution in [0.2, 0.25) is 0 Å². The van der Waals surface area contributed by atoms with Crippen molar-refractivity contribution >= 4 is 11.7 Å². The molecule has 0 aliphatic rings. The van der Waals surface area contributed by atoms with E-state index in [1.807, 2.05) is 6.07 Å². The lowest BCUT2D eigenvalue weighted by Gasteiger charge is -2.01. The number of carbonyl (C=O) groups is 1. The average Bonchev–Trinajstić information content (AvgIpc) is 2.52. The van der Waals surface area contributed by atoms with Gasteiger partial charge in [-0.3, -0.25) is 4.79 Å². The zero-order valence-corrected chi connectivity index (χ0v) is 7.47. The van der Waals surface area contributed by atoms with E-state index in [0.29, 0.717) is 13.0 Å². The van der Waals surface area contributed by atoms with E-state index in [-0.39, 0.29) is 18.3 Å². The summed E-state index contributed by atoms with van der Waals surface area (Å²) in [5.41, 5.74) is 5.31. The van der Waals surface area contributed by atoms with Crippen molar-refractivity contribution in [3.63, 3.8) is 0 Å². The molecule has 0 aliphatic heterocycles. The Morgan fingerprint density at radius 2 is 2.57 bits per heavy atom. The molecule has 1 aromatic heterocycles. The Morgan fingerprint density at radius 3 is 3.14 bits per heavy atom. The van der Waals surface area contributed by atoms with Crippen molar-refractivity contribution < 1.29 is 4.79 Å². The predicted molar refractivity (Wildman–Crippen MR) is 47.7 cm³/mol. The number of anilines is 1. The quantitative estimate of drug-likeness (QED) is 0.590. The fourth-order valence-electron chi connectivity index (χ4n) is 0.852. The van der Waals surface area contributed by atoms with E-state index in [1.165, 1.54) is 10.9 Å². The van der Waals surface area contributed by atoms with Gasteiger partial charge in [0.2, 0.25) is 5.91 Å². The summed E-state index contributed by atoms with van der Waals surface area (Å²) in [6.45, 7) is 0.412. The maximum Gasteiger partial charge on any atom is 0.241 e. The minimum atomic E-state index is -0.217. The lowest BCUT2D eigenvalue weighted by atomic mass is 10.4. The van der Waals surface area contributed by atoms with Crippen LogP contribution in [0.25, 0.3) is 0 Å². The summed E-state index contributed by atoms with van der Waals surface area (Å²) in [6, 6.07) is 1.92. The summed E-state index contributed by atoms with van der Waals surface area (Å²) in [6.07, 6.45) is 1.76. The van der Waals surface area contributed by atoms with E-state index in [0.717, 1.165) is 0 Å². The summed E-state index contributed by atoms with van der Waals surface area (Å²) < 4.78 is 1.33. The van der Waals surface area contributed by atoms with Gasteiger partial charge in [0, 0.05) is 6.54 Å². The van der Waals surface area contributed by atoms with Gasteiger partial charge >= 0.3 is 0 Å². The molecule has 0 aromatic carbocycles. The maximum atomic E-state index is 11.1. The molecular formula is C7H10N6O. The van der Waals surface area contributed by atoms with E-state index < -0.39 is 0 Å². The first-order valence-electron chi connectivity index (χ1n) is 4.01. The minimum Gasteiger partial charge on any atom is -0.381 e. The molecule has 1 aromatic rings. The largest absolute Gasteiger partial charge is 0.381 e. The second kappa shape index (κ2) is 4.81. The first-order valence-corrected chi connectivity index (χ1v) is 4.01. The van der Waals surface area contributed by atoms with E-state index >= 15 is 0 Å². The Morgan fingerprint density at radius 1 is 1.79 bits per heavy atom. The van der Waals surface area contributed by atoms with Crippen molar-refractivity contribution in [2.45, 2.75) is 13.0 Å². The van der Waals surface area contributed by atoms with Crippen LogP contribution in [0.3, 0.4) is 0 Å². The molecule has 0 unspecified atom stereocenters. The van der Waals surface area contributed by atoms with Crippen LogP contribution >= 0.6 is 0 Å². The highest BCUT2D eigenvalue weighted by atomic mass is 16.2. The lowest BCUT2D eigenvalue weighted by molar-refractivity contribution is -0.121. The van der Waals surface area contributed by atoms with Crippen LogP contribution in [-0.4, -0.2) is 27.4 Å². The van der Waals surface area contributed by atoms with Crippen LogP contribution in [-0.2, 0) is 11.3 Å². The summed E-state index contributed by atoms with van der Waals surface area (Å²) in [7, 11) is 0. The van der Waals surface area contributed by atoms with E-state index in [2.05, 4.69) is 15.6 Å². The van der Waals surface area contributed by atoms with Gasteiger partial charge in [-0.05, 0) is 0 Å². The smallest absolute Gasteiger partial charge is 0.241 e. The summed E-state index contributed by atoms with van der Waals surface area (Å²) in [5.74, 6) is 0.0555. The molecule has 74 valence electrons. The number of nitrogens with zero attached hydrogens (tertiary/aromatic N) is 4. The fourth-order valence-corrected chi connectivity index (χ4v) is 0.852. The van der Waals surface area contributed by atoms with E-state index in [9.17, 15) is 4.79 Å². The van der Waals surface area contributed by atoms with Crippen molar-refractivity contribution in [1.29, 1.82) is 5.26 Å². The molecule has 1 rings (SSSR count). The molecule has 0 saturated carbocycles. The SMILES string of the molecule is N#CCCNC(=O)Cn1cc(N)nn1. The molecule has 0 spiro atoms. The normalized spacial score (nSPS) is 9.36. The molecular weight excluding hydrogens is 184 g/mol. The van der Waals surface area contributed by atoms with Gasteiger partial charge in [0.05, 0.1) is 18.7 Å². The highest BCUT2D eigenvalue weighted by Crippen LogP contribution is 1.91. The Bertz CT molecular complexity index is 351. The predicted octanol–water partition coefficient (Wildman–Crippen LogP) is -1.11. The molecule has 0 radical (unpaired) electrons. The van der Waals surface area contributed by atoms with Crippen LogP contribution in [0.1, 0.15) is 6.42 Å². The second-order valence-corrected chi connectivity index (χ2v) is 2.60. The first kappa shape index (κ1) is 9.98. The van der Waals surface area contributed by atoms with Crippen molar-refractivity contribution in [2.75, 3.05) is 12.3 Å². The number of hydrogen-bond acceptors (Lipinski definition) is 5. The average molecular weight is 194 g/mol. The molecule has 0 saturated heterocycles. The van der Waals surface area contributed by atoms with Crippen molar-refractivity contribution in [1.82, 2.24) is 20.3 Å². The van der Waals surface area contributed by atoms with Crippen LogP contribution in [0.15, 0.2) is 6.20 Å². The number of amides is 1. The Labute approximate surface area is 80.5 Å². The fraction of sp³-hybridized carbons (Fsp3) is 0.429. The molecule has 3 N–H and O–H groups in total. The number of nitrogens with two attached hydrogens (primary N) is 1. The number of nitrogens with one attached hydrogen (secondary N) is 1. The number of aromatic nitrogens is 3. The van der Waals surface area contributed by atoms with Gasteiger partial charge in [-0.15, -0.1) is 5.10 Å². The van der Waals surface area contributed by atoms with Gasteiger partial charge in [0.15, 0.2) is 5.82 Å². The standard InChI is InChI=1S/C7H10N6O/c8-2-1-3-10-7(14)5-13-4-6(9)11-12-13/h4H,1,3,5,9H2,(H,10,14).